The third-order valence-electron chi connectivity index (χ3n) is 10.0. The van der Waals surface area contributed by atoms with Gasteiger partial charge in [0.25, 0.3) is 0 Å². The van der Waals surface area contributed by atoms with Gasteiger partial charge in [0, 0.05) is 6.61 Å². The summed E-state index contributed by atoms with van der Waals surface area (Å²) < 4.78 is 17.6. The Morgan fingerprint density at radius 1 is 0.471 bits per heavy atom. The predicted molar refractivity (Wildman–Crippen MR) is 216 cm³/mol. The molecule has 0 amide bonds. The second-order valence-electron chi connectivity index (χ2n) is 14.5. The zero-order valence-electron chi connectivity index (χ0n) is 32.6. The van der Waals surface area contributed by atoms with Crippen LogP contribution in [0.15, 0.2) is 72.8 Å². The van der Waals surface area contributed by atoms with E-state index in [0.29, 0.717) is 11.3 Å². The Balaban J connectivity index is 1.21. The van der Waals surface area contributed by atoms with E-state index in [0.717, 1.165) is 48.5 Å². The molecule has 1 atom stereocenters. The van der Waals surface area contributed by atoms with E-state index < -0.39 is 0 Å². The largest absolute Gasteiger partial charge is 0.494 e. The highest BCUT2D eigenvalue weighted by atomic mass is 16.5. The van der Waals surface area contributed by atoms with Crippen molar-refractivity contribution in [3.05, 3.63) is 83.9 Å². The topological polar surface area (TPSA) is 44.8 Å². The molecule has 3 rings (SSSR count). The van der Waals surface area contributed by atoms with Gasteiger partial charge in [-0.25, -0.2) is 4.79 Å². The van der Waals surface area contributed by atoms with E-state index in [9.17, 15) is 4.79 Å². The van der Waals surface area contributed by atoms with Crippen molar-refractivity contribution in [1.82, 2.24) is 0 Å². The minimum Gasteiger partial charge on any atom is -0.494 e. The Morgan fingerprint density at radius 2 is 0.863 bits per heavy atom. The van der Waals surface area contributed by atoms with Crippen molar-refractivity contribution in [2.24, 2.45) is 0 Å². The smallest absolute Gasteiger partial charge is 0.343 e. The molecule has 0 saturated heterocycles. The number of carbonyl (C=O) groups is 1. The Morgan fingerprint density at radius 3 is 1.33 bits per heavy atom. The van der Waals surface area contributed by atoms with Gasteiger partial charge < -0.3 is 14.2 Å². The highest BCUT2D eigenvalue weighted by Gasteiger charge is 2.12. The summed E-state index contributed by atoms with van der Waals surface area (Å²) in [6, 6.07) is 23.4. The molecule has 0 spiro atoms. The molecule has 1 unspecified atom stereocenters. The van der Waals surface area contributed by atoms with Crippen LogP contribution in [-0.4, -0.2) is 19.2 Å². The minimum atomic E-state index is -0.359. The van der Waals surface area contributed by atoms with Crippen LogP contribution in [0.25, 0.3) is 11.1 Å². The summed E-state index contributed by atoms with van der Waals surface area (Å²) in [5.74, 6) is 1.07. The van der Waals surface area contributed by atoms with Crippen LogP contribution in [0.2, 0.25) is 0 Å². The number of ether oxygens (including phenoxy) is 3. The first-order chi connectivity index (χ1) is 25.1. The zero-order valence-corrected chi connectivity index (χ0v) is 32.6. The van der Waals surface area contributed by atoms with Gasteiger partial charge in [-0.05, 0) is 72.9 Å². The first kappa shape index (κ1) is 42.3. The normalized spacial score (nSPS) is 11.8. The van der Waals surface area contributed by atoms with Crippen LogP contribution in [0.5, 0.6) is 11.5 Å². The maximum absolute atomic E-state index is 12.8. The van der Waals surface area contributed by atoms with Crippen molar-refractivity contribution in [3.8, 4) is 22.6 Å². The number of carbonyl (C=O) groups excluding carboxylic acids is 1. The number of benzene rings is 3. The van der Waals surface area contributed by atoms with Gasteiger partial charge in [-0.2, -0.15) is 0 Å². The summed E-state index contributed by atoms with van der Waals surface area (Å²) in [6.45, 7) is 8.12. The number of hydrogen-bond donors (Lipinski definition) is 0. The standard InChI is InChI=1S/C47H70O4/c1-4-6-8-10-11-12-13-14-15-16-17-18-19-20-21-22-23-25-38-49-40(3)41-26-28-44(29-27-41)47(48)51-46-36-32-43(33-37-46)42-30-34-45(35-31-42)50-39-24-9-7-5-2/h26-37,40H,4-25,38-39H2,1-3H3. The van der Waals surface area contributed by atoms with Gasteiger partial charge in [0.15, 0.2) is 0 Å². The van der Waals surface area contributed by atoms with E-state index in [4.69, 9.17) is 14.2 Å². The van der Waals surface area contributed by atoms with Crippen molar-refractivity contribution < 1.29 is 19.0 Å². The highest BCUT2D eigenvalue weighted by Crippen LogP contribution is 2.26. The number of esters is 1. The lowest BCUT2D eigenvalue weighted by Gasteiger charge is -2.14. The van der Waals surface area contributed by atoms with Crippen LogP contribution in [0.4, 0.5) is 0 Å². The van der Waals surface area contributed by atoms with Gasteiger partial charge in [0.05, 0.1) is 18.3 Å². The van der Waals surface area contributed by atoms with Crippen LogP contribution >= 0.6 is 0 Å². The summed E-state index contributed by atoms with van der Waals surface area (Å²) in [6.07, 6.45) is 29.7. The Kier molecular flexibility index (Phi) is 22.8. The van der Waals surface area contributed by atoms with Gasteiger partial charge in [0.2, 0.25) is 0 Å². The molecule has 0 heterocycles. The molecule has 0 aliphatic carbocycles. The zero-order chi connectivity index (χ0) is 36.2. The summed E-state index contributed by atoms with van der Waals surface area (Å²) in [5, 5.41) is 0. The highest BCUT2D eigenvalue weighted by molar-refractivity contribution is 5.91. The Labute approximate surface area is 312 Å². The quantitative estimate of drug-likeness (QED) is 0.0395. The van der Waals surface area contributed by atoms with Crippen LogP contribution in [0, 0.1) is 0 Å². The Hall–Kier alpha value is -3.11. The fraction of sp³-hybridized carbons (Fsp3) is 0.596. The van der Waals surface area contributed by atoms with Crippen molar-refractivity contribution >= 4 is 5.97 Å². The minimum absolute atomic E-state index is 0.000155. The average Bonchev–Trinajstić information content (AvgIpc) is 3.16. The molecule has 0 fully saturated rings. The van der Waals surface area contributed by atoms with Gasteiger partial charge in [-0.1, -0.05) is 179 Å². The molecule has 282 valence electrons. The van der Waals surface area contributed by atoms with E-state index in [-0.39, 0.29) is 12.1 Å². The third-order valence-corrected chi connectivity index (χ3v) is 10.0. The fourth-order valence-electron chi connectivity index (χ4n) is 6.59. The lowest BCUT2D eigenvalue weighted by Crippen LogP contribution is -2.09. The molecule has 0 radical (unpaired) electrons. The van der Waals surface area contributed by atoms with Crippen LogP contribution < -0.4 is 9.47 Å². The maximum atomic E-state index is 12.8. The van der Waals surface area contributed by atoms with Crippen molar-refractivity contribution in [2.75, 3.05) is 13.2 Å². The lowest BCUT2D eigenvalue weighted by molar-refractivity contribution is 0.0626. The molecule has 4 nitrogen and oxygen atoms in total. The summed E-state index contributed by atoms with van der Waals surface area (Å²) >= 11 is 0. The first-order valence-corrected chi connectivity index (χ1v) is 20.9. The lowest BCUT2D eigenvalue weighted by atomic mass is 10.0. The van der Waals surface area contributed by atoms with E-state index in [1.165, 1.54) is 128 Å². The van der Waals surface area contributed by atoms with Gasteiger partial charge in [-0.15, -0.1) is 0 Å². The average molecular weight is 699 g/mol. The summed E-state index contributed by atoms with van der Waals surface area (Å²) in [7, 11) is 0. The Bertz CT molecular complexity index is 1270. The summed E-state index contributed by atoms with van der Waals surface area (Å²) in [4.78, 5) is 12.8. The molecule has 4 heteroatoms. The molecule has 0 aliphatic heterocycles. The third kappa shape index (κ3) is 18.8. The monoisotopic (exact) mass is 699 g/mol. The van der Waals surface area contributed by atoms with Gasteiger partial charge in [-0.3, -0.25) is 0 Å². The molecule has 3 aromatic rings. The number of hydrogen-bond acceptors (Lipinski definition) is 4. The molecule has 0 aromatic heterocycles. The number of rotatable bonds is 30. The fourth-order valence-corrected chi connectivity index (χ4v) is 6.59. The van der Waals surface area contributed by atoms with E-state index in [1.807, 2.05) is 60.7 Å². The van der Waals surface area contributed by atoms with Crippen LogP contribution in [0.3, 0.4) is 0 Å². The van der Waals surface area contributed by atoms with Crippen LogP contribution in [-0.2, 0) is 4.74 Å². The predicted octanol–water partition coefficient (Wildman–Crippen LogP) is 14.7. The van der Waals surface area contributed by atoms with Crippen molar-refractivity contribution in [2.45, 2.75) is 168 Å². The first-order valence-electron chi connectivity index (χ1n) is 20.9. The SMILES string of the molecule is CCCCCCCCCCCCCCCCCCCCOC(C)c1ccc(C(=O)Oc2ccc(-c3ccc(OCCCCCC)cc3)cc2)cc1. The van der Waals surface area contributed by atoms with Gasteiger partial charge >= 0.3 is 5.97 Å². The summed E-state index contributed by atoms with van der Waals surface area (Å²) in [5.41, 5.74) is 3.76. The number of unbranched alkanes of at least 4 members (excludes halogenated alkanes) is 20. The molecule has 3 aromatic carbocycles. The molecule has 51 heavy (non-hydrogen) atoms. The van der Waals surface area contributed by atoms with E-state index in [2.05, 4.69) is 32.9 Å². The molecule has 0 N–H and O–H groups in total. The van der Waals surface area contributed by atoms with E-state index in [1.54, 1.807) is 0 Å². The molecule has 0 saturated carbocycles. The molecule has 0 bridgehead atoms. The van der Waals surface area contributed by atoms with E-state index >= 15 is 0 Å². The van der Waals surface area contributed by atoms with Crippen molar-refractivity contribution in [3.63, 3.8) is 0 Å². The second-order valence-corrected chi connectivity index (χ2v) is 14.5. The molecular formula is C47H70O4. The molecular weight excluding hydrogens is 629 g/mol. The van der Waals surface area contributed by atoms with Crippen LogP contribution in [0.1, 0.15) is 184 Å². The van der Waals surface area contributed by atoms with Gasteiger partial charge in [0.1, 0.15) is 11.5 Å². The molecule has 0 aliphatic rings. The maximum Gasteiger partial charge on any atom is 0.343 e. The second kappa shape index (κ2) is 27.5. The van der Waals surface area contributed by atoms with Crippen molar-refractivity contribution in [1.29, 1.82) is 0 Å².